The molecular weight excluding hydrogens is 356 g/mol. The molecule has 0 saturated heterocycles. The Morgan fingerprint density at radius 2 is 1.21 bits per heavy atom. The summed E-state index contributed by atoms with van der Waals surface area (Å²) in [6, 6.07) is 9.14. The van der Waals surface area contributed by atoms with Gasteiger partial charge in [-0.15, -0.1) is 0 Å². The quantitative estimate of drug-likeness (QED) is 0.133. The molecule has 1 unspecified atom stereocenters. The standard InChI is InChI=1S/C27H44O2/c1-3-4-5-6-7-8-9-10-11-12-13-14-16-19-24(2)22-26(28)23-27(29)25-20-17-15-18-21-25/h15,17-18,20-21,24H,3-14,16,19,22-23H2,1-2H3. The van der Waals surface area contributed by atoms with Crippen LogP contribution in [0, 0.1) is 5.92 Å². The van der Waals surface area contributed by atoms with E-state index in [0.717, 1.165) is 6.42 Å². The average molecular weight is 401 g/mol. The highest BCUT2D eigenvalue weighted by atomic mass is 16.1. The van der Waals surface area contributed by atoms with Crippen molar-refractivity contribution >= 4 is 11.6 Å². The first kappa shape index (κ1) is 25.6. The maximum absolute atomic E-state index is 12.2. The number of carbonyl (C=O) groups is 2. The van der Waals surface area contributed by atoms with Gasteiger partial charge in [0.1, 0.15) is 5.78 Å². The van der Waals surface area contributed by atoms with Gasteiger partial charge in [0.25, 0.3) is 0 Å². The first-order chi connectivity index (χ1) is 14.1. The van der Waals surface area contributed by atoms with E-state index in [9.17, 15) is 9.59 Å². The first-order valence-electron chi connectivity index (χ1n) is 12.2. The lowest BCUT2D eigenvalue weighted by Crippen LogP contribution is -2.11. The summed E-state index contributed by atoms with van der Waals surface area (Å²) in [6.45, 7) is 4.42. The van der Waals surface area contributed by atoms with E-state index in [2.05, 4.69) is 13.8 Å². The van der Waals surface area contributed by atoms with E-state index in [-0.39, 0.29) is 18.0 Å². The Balaban J connectivity index is 1.93. The summed E-state index contributed by atoms with van der Waals surface area (Å²) in [5.41, 5.74) is 0.644. The Morgan fingerprint density at radius 1 is 0.724 bits per heavy atom. The zero-order valence-corrected chi connectivity index (χ0v) is 19.1. The summed E-state index contributed by atoms with van der Waals surface area (Å²) in [5.74, 6) is 0.420. The van der Waals surface area contributed by atoms with E-state index in [1.807, 2.05) is 18.2 Å². The molecule has 29 heavy (non-hydrogen) atoms. The number of hydrogen-bond donors (Lipinski definition) is 0. The smallest absolute Gasteiger partial charge is 0.170 e. The summed E-state index contributed by atoms with van der Waals surface area (Å²) in [7, 11) is 0. The molecule has 0 fully saturated rings. The van der Waals surface area contributed by atoms with Crippen molar-refractivity contribution in [3.05, 3.63) is 35.9 Å². The first-order valence-corrected chi connectivity index (χ1v) is 12.2. The zero-order valence-electron chi connectivity index (χ0n) is 19.1. The molecule has 164 valence electrons. The van der Waals surface area contributed by atoms with E-state index >= 15 is 0 Å². The second kappa shape index (κ2) is 17.4. The summed E-state index contributed by atoms with van der Waals surface area (Å²) < 4.78 is 0. The van der Waals surface area contributed by atoms with Gasteiger partial charge >= 0.3 is 0 Å². The van der Waals surface area contributed by atoms with Crippen LogP contribution in [-0.4, -0.2) is 11.6 Å². The largest absolute Gasteiger partial charge is 0.299 e. The summed E-state index contributed by atoms with van der Waals surface area (Å²) in [4.78, 5) is 24.3. The lowest BCUT2D eigenvalue weighted by Gasteiger charge is -2.10. The zero-order chi connectivity index (χ0) is 21.2. The highest BCUT2D eigenvalue weighted by molar-refractivity contribution is 6.07. The number of Topliss-reactive ketones (excluding diaryl/α,β-unsaturated/α-hetero) is 2. The van der Waals surface area contributed by atoms with Gasteiger partial charge in [-0.3, -0.25) is 9.59 Å². The molecule has 0 aliphatic heterocycles. The molecule has 0 N–H and O–H groups in total. The monoisotopic (exact) mass is 400 g/mol. The van der Waals surface area contributed by atoms with Crippen molar-refractivity contribution in [2.24, 2.45) is 5.92 Å². The molecule has 0 aliphatic rings. The fraction of sp³-hybridized carbons (Fsp3) is 0.704. The van der Waals surface area contributed by atoms with Crippen LogP contribution in [0.1, 0.15) is 127 Å². The molecule has 1 aromatic carbocycles. The number of hydrogen-bond acceptors (Lipinski definition) is 2. The Morgan fingerprint density at radius 3 is 1.72 bits per heavy atom. The number of rotatable bonds is 19. The Hall–Kier alpha value is -1.44. The molecule has 0 aliphatic carbocycles. The van der Waals surface area contributed by atoms with Crippen LogP contribution in [0.3, 0.4) is 0 Å². The predicted molar refractivity (Wildman–Crippen MR) is 124 cm³/mol. The minimum absolute atomic E-state index is 0.0486. The molecule has 0 saturated carbocycles. The fourth-order valence-corrected chi connectivity index (χ4v) is 3.98. The second-order valence-electron chi connectivity index (χ2n) is 8.85. The third kappa shape index (κ3) is 14.2. The van der Waals surface area contributed by atoms with E-state index in [1.165, 1.54) is 83.5 Å². The highest BCUT2D eigenvalue weighted by Gasteiger charge is 2.14. The van der Waals surface area contributed by atoms with Gasteiger partial charge in [-0.05, 0) is 5.92 Å². The SMILES string of the molecule is CCCCCCCCCCCCCCCC(C)CC(=O)CC(=O)c1ccccc1. The minimum atomic E-state index is -0.0521. The molecule has 1 rings (SSSR count). The van der Waals surface area contributed by atoms with Crippen LogP contribution < -0.4 is 0 Å². The van der Waals surface area contributed by atoms with Crippen molar-refractivity contribution in [3.8, 4) is 0 Å². The Labute approximate surface area is 179 Å². The van der Waals surface area contributed by atoms with Crippen molar-refractivity contribution in [1.82, 2.24) is 0 Å². The molecule has 0 radical (unpaired) electrons. The van der Waals surface area contributed by atoms with Gasteiger partial charge in [0, 0.05) is 12.0 Å². The van der Waals surface area contributed by atoms with Crippen LogP contribution in [0.5, 0.6) is 0 Å². The molecule has 0 bridgehead atoms. The molecule has 0 heterocycles. The highest BCUT2D eigenvalue weighted by Crippen LogP contribution is 2.17. The topological polar surface area (TPSA) is 34.1 Å². The van der Waals surface area contributed by atoms with Gasteiger partial charge in [0.2, 0.25) is 0 Å². The third-order valence-corrected chi connectivity index (χ3v) is 5.83. The maximum atomic E-state index is 12.2. The molecule has 2 nitrogen and oxygen atoms in total. The van der Waals surface area contributed by atoms with Crippen LogP contribution in [0.25, 0.3) is 0 Å². The van der Waals surface area contributed by atoms with Crippen molar-refractivity contribution in [3.63, 3.8) is 0 Å². The molecule has 0 aromatic heterocycles. The van der Waals surface area contributed by atoms with Gasteiger partial charge in [-0.25, -0.2) is 0 Å². The Kier molecular flexibility index (Phi) is 15.4. The van der Waals surface area contributed by atoms with E-state index in [4.69, 9.17) is 0 Å². The van der Waals surface area contributed by atoms with Gasteiger partial charge < -0.3 is 0 Å². The van der Waals surface area contributed by atoms with Crippen molar-refractivity contribution in [2.75, 3.05) is 0 Å². The number of unbranched alkanes of at least 4 members (excludes halogenated alkanes) is 12. The molecule has 1 atom stereocenters. The van der Waals surface area contributed by atoms with Gasteiger partial charge in [-0.2, -0.15) is 0 Å². The van der Waals surface area contributed by atoms with Crippen LogP contribution in [0.2, 0.25) is 0 Å². The van der Waals surface area contributed by atoms with Crippen molar-refractivity contribution in [1.29, 1.82) is 0 Å². The summed E-state index contributed by atoms with van der Waals surface area (Å²) >= 11 is 0. The Bertz CT molecular complexity index is 535. The van der Waals surface area contributed by atoms with Gasteiger partial charge in [0.05, 0.1) is 6.42 Å². The van der Waals surface area contributed by atoms with Crippen LogP contribution >= 0.6 is 0 Å². The van der Waals surface area contributed by atoms with Gasteiger partial charge in [-0.1, -0.05) is 134 Å². The number of benzene rings is 1. The van der Waals surface area contributed by atoms with E-state index in [1.54, 1.807) is 12.1 Å². The normalized spacial score (nSPS) is 12.1. The lowest BCUT2D eigenvalue weighted by molar-refractivity contribution is -0.119. The van der Waals surface area contributed by atoms with E-state index in [0.29, 0.717) is 17.9 Å². The summed E-state index contributed by atoms with van der Waals surface area (Å²) in [6.07, 6.45) is 19.5. The maximum Gasteiger partial charge on any atom is 0.170 e. The van der Waals surface area contributed by atoms with Crippen molar-refractivity contribution in [2.45, 2.75) is 117 Å². The minimum Gasteiger partial charge on any atom is -0.299 e. The van der Waals surface area contributed by atoms with Crippen LogP contribution in [0.15, 0.2) is 30.3 Å². The van der Waals surface area contributed by atoms with Crippen molar-refractivity contribution < 1.29 is 9.59 Å². The predicted octanol–water partition coefficient (Wildman–Crippen LogP) is 8.34. The van der Waals surface area contributed by atoms with E-state index < -0.39 is 0 Å². The number of carbonyl (C=O) groups excluding carboxylic acids is 2. The number of ketones is 2. The molecule has 0 spiro atoms. The fourth-order valence-electron chi connectivity index (χ4n) is 3.98. The summed E-state index contributed by atoms with van der Waals surface area (Å²) in [5, 5.41) is 0. The van der Waals surface area contributed by atoms with Gasteiger partial charge in [0.15, 0.2) is 5.78 Å². The van der Waals surface area contributed by atoms with Crippen LogP contribution in [-0.2, 0) is 4.79 Å². The molecule has 2 heteroatoms. The average Bonchev–Trinajstić information content (AvgIpc) is 2.72. The third-order valence-electron chi connectivity index (χ3n) is 5.83. The molecular formula is C27H44O2. The molecule has 0 amide bonds. The molecule has 1 aromatic rings. The van der Waals surface area contributed by atoms with Crippen LogP contribution in [0.4, 0.5) is 0 Å². The second-order valence-corrected chi connectivity index (χ2v) is 8.85. The lowest BCUT2D eigenvalue weighted by atomic mass is 9.94.